The normalized spacial score (nSPS) is 11.4. The van der Waals surface area contributed by atoms with Crippen LogP contribution in [0.3, 0.4) is 0 Å². The molecule has 11 heteroatoms. The second-order valence-electron chi connectivity index (χ2n) is 8.18. The molecule has 2 radical (unpaired) electrons. The van der Waals surface area contributed by atoms with Gasteiger partial charge in [0.25, 0.3) is 20.2 Å². The predicted octanol–water partition coefficient (Wildman–Crippen LogP) is 5.67. The molecule has 0 aliphatic rings. The fourth-order valence-corrected chi connectivity index (χ4v) is 5.28. The van der Waals surface area contributed by atoms with Gasteiger partial charge in [-0.2, -0.15) is 16.8 Å². The van der Waals surface area contributed by atoms with Crippen molar-refractivity contribution in [2.75, 3.05) is 0 Å². The Morgan fingerprint density at radius 1 is 0.657 bits per heavy atom. The van der Waals surface area contributed by atoms with E-state index >= 15 is 0 Å². The van der Waals surface area contributed by atoms with Crippen molar-refractivity contribution in [3.8, 4) is 11.5 Å². The fourth-order valence-electron chi connectivity index (χ4n) is 3.80. The van der Waals surface area contributed by atoms with Crippen LogP contribution in [-0.2, 0) is 26.7 Å². The molecule has 2 aromatic rings. The van der Waals surface area contributed by atoms with E-state index in [4.69, 9.17) is 4.74 Å². The molecule has 0 saturated carbocycles. The Labute approximate surface area is 254 Å². The number of benzene rings is 2. The van der Waals surface area contributed by atoms with Crippen LogP contribution in [0.5, 0.6) is 11.5 Å². The Bertz CT molecular complexity index is 1100. The second kappa shape index (κ2) is 17.5. The largest absolute Gasteiger partial charge is 0.454 e. The molecule has 186 valence electrons. The zero-order valence-corrected chi connectivity index (χ0v) is 26.7. The van der Waals surface area contributed by atoms with E-state index in [9.17, 15) is 25.9 Å². The van der Waals surface area contributed by atoms with E-state index in [0.29, 0.717) is 12.0 Å². The van der Waals surface area contributed by atoms with Crippen molar-refractivity contribution in [3.63, 3.8) is 0 Å². The minimum atomic E-state index is -4.63. The number of aryl methyl sites for hydroxylation is 1. The Balaban J connectivity index is 0.00000578. The maximum Gasteiger partial charge on any atom is 0.298 e. The molecule has 0 saturated heterocycles. The van der Waals surface area contributed by atoms with Gasteiger partial charge >= 0.3 is 0 Å². The minimum Gasteiger partial charge on any atom is -0.454 e. The molecule has 0 bridgehead atoms. The van der Waals surface area contributed by atoms with E-state index in [2.05, 4.69) is 6.92 Å². The summed E-state index contributed by atoms with van der Waals surface area (Å²) >= 11 is 0. The van der Waals surface area contributed by atoms with Gasteiger partial charge in [-0.25, -0.2) is 0 Å². The molecule has 0 atom stereocenters. The predicted molar refractivity (Wildman–Crippen MR) is 140 cm³/mol. The van der Waals surface area contributed by atoms with Crippen LogP contribution in [0.15, 0.2) is 52.3 Å². The third-order valence-electron chi connectivity index (χ3n) is 5.47. The van der Waals surface area contributed by atoms with Gasteiger partial charge in [-0.1, -0.05) is 89.0 Å². The van der Waals surface area contributed by atoms with Crippen molar-refractivity contribution in [1.82, 2.24) is 0 Å². The molecule has 0 fully saturated rings. The number of ether oxygens (including phenoxy) is 1. The minimum absolute atomic E-state index is 0. The molecule has 0 heterocycles. The molecule has 2 N–H and O–H groups in total. The van der Waals surface area contributed by atoms with Gasteiger partial charge in [0.05, 0.1) is 0 Å². The standard InChI is InChI=1S/C24H34O7S2.2Na/c1-2-3-4-5-6-7-8-9-10-11-15-20-16-14-18-22(24(20)33(28,29)30)31-21-17-12-13-19-23(21)32(25,26)27;;/h12-14,16-19H,2-11,15H2,1H3,(H,25,26,27)(H,28,29,30);;. The molecule has 0 aliphatic heterocycles. The van der Waals surface area contributed by atoms with Crippen LogP contribution in [0.1, 0.15) is 76.7 Å². The maximum atomic E-state index is 12.1. The van der Waals surface area contributed by atoms with Gasteiger partial charge in [-0.3, -0.25) is 9.11 Å². The van der Waals surface area contributed by atoms with Gasteiger partial charge in [-0.05, 0) is 36.6 Å². The van der Waals surface area contributed by atoms with Crippen LogP contribution in [0.2, 0.25) is 0 Å². The Morgan fingerprint density at radius 3 is 1.71 bits per heavy atom. The molecule has 2 rings (SSSR count). The SMILES string of the molecule is CCCCCCCCCCCCc1cccc(Oc2ccccc2S(=O)(=O)O)c1S(=O)(=O)O.[Na].[Na]. The Hall–Kier alpha value is 0.0600. The van der Waals surface area contributed by atoms with Crippen molar-refractivity contribution < 1.29 is 30.7 Å². The van der Waals surface area contributed by atoms with Crippen molar-refractivity contribution in [2.24, 2.45) is 0 Å². The smallest absolute Gasteiger partial charge is 0.298 e. The molecule has 35 heavy (non-hydrogen) atoms. The summed E-state index contributed by atoms with van der Waals surface area (Å²) in [7, 11) is -9.21. The average Bonchev–Trinajstić information content (AvgIpc) is 2.74. The monoisotopic (exact) mass is 544 g/mol. The second-order valence-corrected chi connectivity index (χ2v) is 10.9. The quantitative estimate of drug-likeness (QED) is 0.168. The van der Waals surface area contributed by atoms with Crippen LogP contribution >= 0.6 is 0 Å². The third kappa shape index (κ3) is 12.4. The summed E-state index contributed by atoms with van der Waals surface area (Å²) < 4.78 is 72.3. The van der Waals surface area contributed by atoms with Gasteiger partial charge in [0.1, 0.15) is 21.3 Å². The van der Waals surface area contributed by atoms with Crippen molar-refractivity contribution in [1.29, 1.82) is 0 Å². The van der Waals surface area contributed by atoms with Gasteiger partial charge in [0, 0.05) is 59.1 Å². The van der Waals surface area contributed by atoms with Gasteiger partial charge in [-0.15, -0.1) is 0 Å². The Morgan fingerprint density at radius 2 is 1.17 bits per heavy atom. The summed E-state index contributed by atoms with van der Waals surface area (Å²) in [5.41, 5.74) is 0.402. The first-order chi connectivity index (χ1) is 15.6. The number of hydrogen-bond donors (Lipinski definition) is 2. The van der Waals surface area contributed by atoms with Crippen LogP contribution < -0.4 is 4.74 Å². The molecule has 0 aromatic heterocycles. The topological polar surface area (TPSA) is 118 Å². The van der Waals surface area contributed by atoms with Crippen molar-refractivity contribution >= 4 is 79.4 Å². The van der Waals surface area contributed by atoms with E-state index in [1.807, 2.05) is 0 Å². The van der Waals surface area contributed by atoms with Gasteiger partial charge in [0.15, 0.2) is 0 Å². The first-order valence-electron chi connectivity index (χ1n) is 11.5. The first-order valence-corrected chi connectivity index (χ1v) is 14.4. The van der Waals surface area contributed by atoms with E-state index in [0.717, 1.165) is 31.7 Å². The molecule has 0 unspecified atom stereocenters. The number of rotatable bonds is 15. The summed E-state index contributed by atoms with van der Waals surface area (Å²) in [6.07, 6.45) is 11.9. The van der Waals surface area contributed by atoms with Crippen LogP contribution in [0.4, 0.5) is 0 Å². The summed E-state index contributed by atoms with van der Waals surface area (Å²) in [5.74, 6) is -0.431. The first kappa shape index (κ1) is 35.1. The van der Waals surface area contributed by atoms with Crippen LogP contribution in [0.25, 0.3) is 0 Å². The molecule has 0 aliphatic carbocycles. The molecule has 0 spiro atoms. The molecule has 2 aromatic carbocycles. The van der Waals surface area contributed by atoms with Crippen molar-refractivity contribution in [3.05, 3.63) is 48.0 Å². The number of para-hydroxylation sites is 1. The summed E-state index contributed by atoms with van der Waals surface area (Å²) in [5, 5.41) is 0. The van der Waals surface area contributed by atoms with E-state index < -0.39 is 25.1 Å². The molecule has 7 nitrogen and oxygen atoms in total. The average molecular weight is 545 g/mol. The van der Waals surface area contributed by atoms with E-state index in [1.54, 1.807) is 12.1 Å². The van der Waals surface area contributed by atoms with E-state index in [-0.39, 0.29) is 75.5 Å². The number of hydrogen-bond acceptors (Lipinski definition) is 5. The van der Waals surface area contributed by atoms with Gasteiger partial charge in [0.2, 0.25) is 0 Å². The Kier molecular flexibility index (Phi) is 17.6. The van der Waals surface area contributed by atoms with Gasteiger partial charge < -0.3 is 4.74 Å². The summed E-state index contributed by atoms with van der Waals surface area (Å²) in [6, 6.07) is 9.87. The van der Waals surface area contributed by atoms with Crippen LogP contribution in [0, 0.1) is 0 Å². The zero-order valence-electron chi connectivity index (χ0n) is 21.1. The van der Waals surface area contributed by atoms with E-state index in [1.165, 1.54) is 62.8 Å². The summed E-state index contributed by atoms with van der Waals surface area (Å²) in [6.45, 7) is 2.20. The molecule has 0 amide bonds. The summed E-state index contributed by atoms with van der Waals surface area (Å²) in [4.78, 5) is -0.877. The maximum absolute atomic E-state index is 12.1. The molecular formula is C24H34Na2O7S2. The third-order valence-corrected chi connectivity index (χ3v) is 7.34. The fraction of sp³-hybridized carbons (Fsp3) is 0.500. The number of unbranched alkanes of at least 4 members (excludes halogenated alkanes) is 9. The van der Waals surface area contributed by atoms with Crippen molar-refractivity contribution in [2.45, 2.75) is 87.3 Å². The zero-order chi connectivity index (χ0) is 24.3. The molecular weight excluding hydrogens is 510 g/mol. The van der Waals surface area contributed by atoms with Crippen LogP contribution in [-0.4, -0.2) is 85.1 Å².